The van der Waals surface area contributed by atoms with Gasteiger partial charge < -0.3 is 0 Å². The van der Waals surface area contributed by atoms with Gasteiger partial charge in [-0.2, -0.15) is 0 Å². The SMILES string of the molecule is CC1=CC2C(C=C1C/C(C)=C/C=C(\C)C(C)C)C(C)(C)CCC2(C)C.CCCC(C)CC(C)C. The van der Waals surface area contributed by atoms with Gasteiger partial charge in [0.15, 0.2) is 0 Å². The standard InChI is InChI=1S/C25H40.C9H20/c1-17(2)19(4)11-10-18(3)14-21-16-23-22(15-20(21)5)24(6,7)12-13-25(23,8)9;1-5-6-9(4)7-8(2)3/h10-11,15-17,22-23H,12-14H2,1-9H3;8-9H,5-7H2,1-4H3/b18-10+,19-11+;. The van der Waals surface area contributed by atoms with Crippen LogP contribution in [0.15, 0.2) is 46.6 Å². The van der Waals surface area contributed by atoms with Crippen LogP contribution in [0.4, 0.5) is 0 Å². The number of rotatable bonds is 8. The van der Waals surface area contributed by atoms with E-state index in [-0.39, 0.29) is 0 Å². The Morgan fingerprint density at radius 1 is 0.912 bits per heavy atom. The molecule has 0 amide bonds. The minimum Gasteiger partial charge on any atom is -0.0771 e. The monoisotopic (exact) mass is 468 g/mol. The zero-order chi connectivity index (χ0) is 26.3. The highest BCUT2D eigenvalue weighted by molar-refractivity contribution is 5.39. The zero-order valence-corrected chi connectivity index (χ0v) is 25.4. The molecule has 196 valence electrons. The van der Waals surface area contributed by atoms with Crippen LogP contribution >= 0.6 is 0 Å². The molecule has 2 rings (SSSR count). The van der Waals surface area contributed by atoms with E-state index in [1.54, 1.807) is 5.57 Å². The fraction of sp³-hybridized carbons (Fsp3) is 0.765. The van der Waals surface area contributed by atoms with E-state index in [1.807, 2.05) is 0 Å². The second-order valence-corrected chi connectivity index (χ2v) is 13.8. The van der Waals surface area contributed by atoms with Crippen molar-refractivity contribution in [2.45, 2.75) is 129 Å². The Morgan fingerprint density at radius 3 is 1.91 bits per heavy atom. The third-order valence-electron chi connectivity index (χ3n) is 8.59. The Hall–Kier alpha value is -1.04. The predicted molar refractivity (Wildman–Crippen MR) is 156 cm³/mol. The number of hydrogen-bond acceptors (Lipinski definition) is 0. The molecule has 0 aromatic rings. The summed E-state index contributed by atoms with van der Waals surface area (Å²) in [6.07, 6.45) is 17.8. The van der Waals surface area contributed by atoms with Crippen molar-refractivity contribution in [1.29, 1.82) is 0 Å². The van der Waals surface area contributed by atoms with Crippen molar-refractivity contribution in [1.82, 2.24) is 0 Å². The van der Waals surface area contributed by atoms with E-state index in [0.717, 1.165) is 18.3 Å². The molecule has 2 aliphatic carbocycles. The molecule has 0 heterocycles. The summed E-state index contributed by atoms with van der Waals surface area (Å²) in [6, 6.07) is 0. The molecule has 0 saturated heterocycles. The summed E-state index contributed by atoms with van der Waals surface area (Å²) in [6.45, 7) is 30.4. The van der Waals surface area contributed by atoms with E-state index in [9.17, 15) is 0 Å². The van der Waals surface area contributed by atoms with Crippen LogP contribution in [0.1, 0.15) is 129 Å². The Bertz CT molecular complexity index is 747. The van der Waals surface area contributed by atoms with Crippen molar-refractivity contribution >= 4 is 0 Å². The molecule has 3 atom stereocenters. The van der Waals surface area contributed by atoms with Crippen molar-refractivity contribution < 1.29 is 0 Å². The van der Waals surface area contributed by atoms with Gasteiger partial charge >= 0.3 is 0 Å². The summed E-state index contributed by atoms with van der Waals surface area (Å²) in [5, 5.41) is 0. The van der Waals surface area contributed by atoms with Gasteiger partial charge in [-0.25, -0.2) is 0 Å². The van der Waals surface area contributed by atoms with Gasteiger partial charge in [-0.3, -0.25) is 0 Å². The van der Waals surface area contributed by atoms with Crippen molar-refractivity contribution in [3.05, 3.63) is 46.6 Å². The fourth-order valence-electron chi connectivity index (χ4n) is 5.77. The molecule has 1 saturated carbocycles. The van der Waals surface area contributed by atoms with E-state index < -0.39 is 0 Å². The van der Waals surface area contributed by atoms with Crippen LogP contribution in [0.5, 0.6) is 0 Å². The summed E-state index contributed by atoms with van der Waals surface area (Å²) >= 11 is 0. The summed E-state index contributed by atoms with van der Waals surface area (Å²) in [4.78, 5) is 0. The molecule has 0 aromatic heterocycles. The molecule has 3 unspecified atom stereocenters. The summed E-state index contributed by atoms with van der Waals surface area (Å²) < 4.78 is 0. The van der Waals surface area contributed by atoms with E-state index in [0.29, 0.717) is 28.6 Å². The summed E-state index contributed by atoms with van der Waals surface area (Å²) in [5.41, 5.74) is 6.81. The van der Waals surface area contributed by atoms with Gasteiger partial charge in [-0.1, -0.05) is 123 Å². The zero-order valence-electron chi connectivity index (χ0n) is 25.4. The van der Waals surface area contributed by atoms with Crippen molar-refractivity contribution in [2.75, 3.05) is 0 Å². The predicted octanol–water partition coefficient (Wildman–Crippen LogP) is 11.4. The Balaban J connectivity index is 0.000000546. The molecular weight excluding hydrogens is 408 g/mol. The molecule has 0 nitrogen and oxygen atoms in total. The van der Waals surface area contributed by atoms with Crippen LogP contribution in [0, 0.1) is 40.4 Å². The minimum atomic E-state index is 0.411. The smallest absolute Gasteiger partial charge is 0.00673 e. The molecule has 0 heteroatoms. The Morgan fingerprint density at radius 2 is 1.44 bits per heavy atom. The average Bonchev–Trinajstić information content (AvgIpc) is 2.71. The van der Waals surface area contributed by atoms with E-state index >= 15 is 0 Å². The second-order valence-electron chi connectivity index (χ2n) is 13.8. The Kier molecular flexibility index (Phi) is 12.1. The lowest BCUT2D eigenvalue weighted by Gasteiger charge is -2.52. The van der Waals surface area contributed by atoms with Gasteiger partial charge in [0.05, 0.1) is 0 Å². The lowest BCUT2D eigenvalue weighted by molar-refractivity contribution is 0.0320. The first-order chi connectivity index (χ1) is 15.6. The molecule has 2 aliphatic rings. The molecule has 34 heavy (non-hydrogen) atoms. The number of allylic oxidation sites excluding steroid dienone is 8. The highest BCUT2D eigenvalue weighted by atomic mass is 14.5. The van der Waals surface area contributed by atoms with Crippen LogP contribution in [0.2, 0.25) is 0 Å². The normalized spacial score (nSPS) is 25.3. The van der Waals surface area contributed by atoms with Gasteiger partial charge in [-0.15, -0.1) is 0 Å². The third kappa shape index (κ3) is 9.54. The highest BCUT2D eigenvalue weighted by Gasteiger charge is 2.46. The van der Waals surface area contributed by atoms with Crippen LogP contribution in [0.25, 0.3) is 0 Å². The van der Waals surface area contributed by atoms with Gasteiger partial charge in [-0.05, 0) is 92.4 Å². The first-order valence-electron chi connectivity index (χ1n) is 14.3. The molecule has 0 N–H and O–H groups in total. The van der Waals surface area contributed by atoms with E-state index in [2.05, 4.69) is 114 Å². The van der Waals surface area contributed by atoms with Crippen LogP contribution in [-0.4, -0.2) is 0 Å². The van der Waals surface area contributed by atoms with Crippen molar-refractivity contribution in [2.24, 2.45) is 40.4 Å². The fourth-order valence-corrected chi connectivity index (χ4v) is 5.77. The summed E-state index contributed by atoms with van der Waals surface area (Å²) in [5.74, 6) is 3.82. The number of hydrogen-bond donors (Lipinski definition) is 0. The van der Waals surface area contributed by atoms with Gasteiger partial charge in [0.2, 0.25) is 0 Å². The van der Waals surface area contributed by atoms with Crippen LogP contribution in [0.3, 0.4) is 0 Å². The lowest BCUT2D eigenvalue weighted by Crippen LogP contribution is -2.43. The first kappa shape index (κ1) is 31.0. The van der Waals surface area contributed by atoms with Crippen LogP contribution < -0.4 is 0 Å². The maximum absolute atomic E-state index is 2.64. The van der Waals surface area contributed by atoms with Crippen molar-refractivity contribution in [3.63, 3.8) is 0 Å². The molecule has 0 spiro atoms. The molecule has 0 radical (unpaired) electrons. The van der Waals surface area contributed by atoms with Crippen LogP contribution in [-0.2, 0) is 0 Å². The van der Waals surface area contributed by atoms with E-state index in [1.165, 1.54) is 48.8 Å². The van der Waals surface area contributed by atoms with Gasteiger partial charge in [0, 0.05) is 0 Å². The van der Waals surface area contributed by atoms with Gasteiger partial charge in [0.1, 0.15) is 0 Å². The molecule has 0 aliphatic heterocycles. The molecule has 0 aromatic carbocycles. The summed E-state index contributed by atoms with van der Waals surface area (Å²) in [7, 11) is 0. The Labute approximate surface area is 215 Å². The quantitative estimate of drug-likeness (QED) is 0.311. The molecule has 0 bridgehead atoms. The highest BCUT2D eigenvalue weighted by Crippen LogP contribution is 2.56. The third-order valence-corrected chi connectivity index (χ3v) is 8.59. The largest absolute Gasteiger partial charge is 0.0771 e. The lowest BCUT2D eigenvalue weighted by atomic mass is 9.52. The minimum absolute atomic E-state index is 0.411. The van der Waals surface area contributed by atoms with Gasteiger partial charge in [0.25, 0.3) is 0 Å². The number of fused-ring (bicyclic) bond motifs is 1. The maximum atomic E-state index is 2.64. The molecular formula is C34H60. The molecule has 1 fully saturated rings. The average molecular weight is 469 g/mol. The van der Waals surface area contributed by atoms with Crippen molar-refractivity contribution in [3.8, 4) is 0 Å². The second kappa shape index (κ2) is 13.3. The first-order valence-corrected chi connectivity index (χ1v) is 14.3. The topological polar surface area (TPSA) is 0 Å². The maximum Gasteiger partial charge on any atom is -0.00673 e. The van der Waals surface area contributed by atoms with E-state index in [4.69, 9.17) is 0 Å².